The normalized spacial score (nSPS) is 13.6. The van der Waals surface area contributed by atoms with Crippen molar-refractivity contribution in [3.8, 4) is 0 Å². The third-order valence-electron chi connectivity index (χ3n) is 6.61. The Hall–Kier alpha value is -5.19. The molecule has 1 aromatic carbocycles. The van der Waals surface area contributed by atoms with Crippen LogP contribution in [0.1, 0.15) is 44.1 Å². The Morgan fingerprint density at radius 1 is 0.818 bits per heavy atom. The topological polar surface area (TPSA) is 311 Å². The molecule has 0 fully saturated rings. The van der Waals surface area contributed by atoms with E-state index in [0.29, 0.717) is 5.56 Å². The molecule has 2 aromatic rings. The number of amides is 4. The summed E-state index contributed by atoms with van der Waals surface area (Å²) in [4.78, 5) is 80.6. The predicted octanol–water partition coefficient (Wildman–Crippen LogP) is -2.24. The molecule has 4 unspecified atom stereocenters. The van der Waals surface area contributed by atoms with Crippen molar-refractivity contribution in [2.24, 2.45) is 27.9 Å². The van der Waals surface area contributed by atoms with Gasteiger partial charge in [0.1, 0.15) is 18.1 Å². The van der Waals surface area contributed by atoms with Gasteiger partial charge in [-0.25, -0.2) is 4.79 Å². The van der Waals surface area contributed by atoms with E-state index in [1.165, 1.54) is 0 Å². The number of fused-ring (bicyclic) bond motifs is 1. The number of hydrogen-bond acceptors (Lipinski definition) is 8. The number of aliphatic imine (C=N–C) groups is 1. The summed E-state index contributed by atoms with van der Waals surface area (Å²) < 4.78 is 0. The Labute approximate surface area is 252 Å². The molecule has 0 saturated heterocycles. The molecular formula is C27H39N9O8. The molecule has 1 heterocycles. The van der Waals surface area contributed by atoms with Crippen molar-refractivity contribution in [2.45, 2.75) is 69.1 Å². The highest BCUT2D eigenvalue weighted by Crippen LogP contribution is 2.19. The largest absolute Gasteiger partial charge is 0.481 e. The molecule has 0 aliphatic heterocycles. The summed E-state index contributed by atoms with van der Waals surface area (Å²) in [6.07, 6.45) is 0.634. The van der Waals surface area contributed by atoms with Crippen molar-refractivity contribution in [3.63, 3.8) is 0 Å². The zero-order valence-electron chi connectivity index (χ0n) is 24.0. The molecule has 0 radical (unpaired) electrons. The van der Waals surface area contributed by atoms with E-state index < -0.39 is 66.2 Å². The van der Waals surface area contributed by atoms with Crippen LogP contribution in [0, 0.1) is 0 Å². The number of benzene rings is 1. The number of carbonyl (C=O) groups excluding carboxylic acids is 4. The number of primary amides is 1. The highest BCUT2D eigenvalue weighted by atomic mass is 16.4. The van der Waals surface area contributed by atoms with E-state index in [1.807, 2.05) is 12.1 Å². The van der Waals surface area contributed by atoms with Gasteiger partial charge >= 0.3 is 11.9 Å². The maximum Gasteiger partial charge on any atom is 0.326 e. The number of nitrogens with two attached hydrogens (primary N) is 4. The average molecular weight is 618 g/mol. The van der Waals surface area contributed by atoms with Crippen molar-refractivity contribution in [1.82, 2.24) is 20.9 Å². The minimum atomic E-state index is -1.38. The van der Waals surface area contributed by atoms with E-state index in [-0.39, 0.29) is 51.0 Å². The third kappa shape index (κ3) is 11.6. The SMILES string of the molecule is NC(=O)CCC(NC(=O)C(N)CCC(=O)O)C(=O)NC(Cc1c[nH]c2ccccc12)C(=O)NC(CCCN=C(N)N)C(=O)O. The first-order valence-electron chi connectivity index (χ1n) is 13.8. The smallest absolute Gasteiger partial charge is 0.326 e. The molecule has 1 aromatic heterocycles. The van der Waals surface area contributed by atoms with Crippen LogP contribution in [0.2, 0.25) is 0 Å². The van der Waals surface area contributed by atoms with E-state index in [0.717, 1.165) is 10.9 Å². The van der Waals surface area contributed by atoms with Crippen LogP contribution in [0.5, 0.6) is 0 Å². The van der Waals surface area contributed by atoms with Gasteiger partial charge in [0.2, 0.25) is 23.6 Å². The number of rotatable bonds is 19. The highest BCUT2D eigenvalue weighted by Gasteiger charge is 2.31. The van der Waals surface area contributed by atoms with E-state index in [4.69, 9.17) is 28.0 Å². The number of nitrogens with zero attached hydrogens (tertiary/aromatic N) is 1. The molecule has 0 spiro atoms. The molecule has 0 saturated carbocycles. The second-order valence-corrected chi connectivity index (χ2v) is 10.1. The van der Waals surface area contributed by atoms with Gasteiger partial charge in [-0.05, 0) is 37.3 Å². The molecule has 0 aliphatic carbocycles. The first kappa shape index (κ1) is 35.0. The van der Waals surface area contributed by atoms with Gasteiger partial charge in [-0.3, -0.25) is 29.0 Å². The lowest BCUT2D eigenvalue weighted by molar-refractivity contribution is -0.142. The lowest BCUT2D eigenvalue weighted by Crippen LogP contribution is -2.57. The zero-order chi connectivity index (χ0) is 32.8. The fourth-order valence-corrected chi connectivity index (χ4v) is 4.28. The molecule has 240 valence electrons. The predicted molar refractivity (Wildman–Crippen MR) is 159 cm³/mol. The summed E-state index contributed by atoms with van der Waals surface area (Å²) in [7, 11) is 0. The third-order valence-corrected chi connectivity index (χ3v) is 6.61. The first-order chi connectivity index (χ1) is 20.8. The molecule has 44 heavy (non-hydrogen) atoms. The van der Waals surface area contributed by atoms with Crippen LogP contribution in [-0.4, -0.2) is 87.4 Å². The standard InChI is InChI=1S/C27H39N9O8/c28-16(7-10-22(38)39)23(40)34-18(8-9-21(29)37)24(41)36-20(12-14-13-33-17-5-2-1-4-15(14)17)25(42)35-19(26(43)44)6-3-11-32-27(30)31/h1-2,4-5,13,16,18-20,33H,3,6-12,28H2,(H2,29,37)(H,34,40)(H,35,42)(H,36,41)(H,38,39)(H,43,44)(H4,30,31,32). The van der Waals surface area contributed by atoms with Gasteiger partial charge in [-0.1, -0.05) is 18.2 Å². The van der Waals surface area contributed by atoms with Gasteiger partial charge in [-0.15, -0.1) is 0 Å². The van der Waals surface area contributed by atoms with Crippen molar-refractivity contribution >= 4 is 52.4 Å². The summed E-state index contributed by atoms with van der Waals surface area (Å²) in [5.41, 5.74) is 23.0. The maximum absolute atomic E-state index is 13.5. The van der Waals surface area contributed by atoms with Crippen LogP contribution in [0.3, 0.4) is 0 Å². The van der Waals surface area contributed by atoms with Gasteiger partial charge < -0.3 is 54.1 Å². The van der Waals surface area contributed by atoms with Crippen LogP contribution >= 0.6 is 0 Å². The lowest BCUT2D eigenvalue weighted by atomic mass is 10.0. The molecular weight excluding hydrogens is 578 g/mol. The van der Waals surface area contributed by atoms with Crippen LogP contribution in [0.4, 0.5) is 0 Å². The molecule has 0 bridgehead atoms. The monoisotopic (exact) mass is 617 g/mol. The number of carboxylic acids is 2. The molecule has 17 nitrogen and oxygen atoms in total. The number of aromatic amines is 1. The minimum Gasteiger partial charge on any atom is -0.481 e. The summed E-state index contributed by atoms with van der Waals surface area (Å²) in [6, 6.07) is 1.90. The second kappa shape index (κ2) is 17.1. The number of para-hydroxylation sites is 1. The fourth-order valence-electron chi connectivity index (χ4n) is 4.28. The summed E-state index contributed by atoms with van der Waals surface area (Å²) >= 11 is 0. The number of aliphatic carboxylic acids is 2. The average Bonchev–Trinajstić information content (AvgIpc) is 3.37. The van der Waals surface area contributed by atoms with Crippen LogP contribution in [0.15, 0.2) is 35.5 Å². The molecule has 14 N–H and O–H groups in total. The Morgan fingerprint density at radius 2 is 1.45 bits per heavy atom. The van der Waals surface area contributed by atoms with Gasteiger partial charge in [0.25, 0.3) is 0 Å². The number of nitrogens with one attached hydrogen (secondary N) is 4. The number of guanidine groups is 1. The van der Waals surface area contributed by atoms with Crippen molar-refractivity contribution in [3.05, 3.63) is 36.0 Å². The van der Waals surface area contributed by atoms with E-state index >= 15 is 0 Å². The number of aromatic nitrogens is 1. The molecule has 4 atom stereocenters. The minimum absolute atomic E-state index is 0.0167. The number of carbonyl (C=O) groups is 6. The van der Waals surface area contributed by atoms with Gasteiger partial charge in [0.15, 0.2) is 5.96 Å². The molecule has 0 aliphatic rings. The second-order valence-electron chi connectivity index (χ2n) is 10.1. The van der Waals surface area contributed by atoms with E-state index in [1.54, 1.807) is 18.3 Å². The summed E-state index contributed by atoms with van der Waals surface area (Å²) in [5, 5.41) is 26.7. The Balaban J connectivity index is 2.30. The number of carboxylic acid groups (broad SMARTS) is 2. The highest BCUT2D eigenvalue weighted by molar-refractivity contribution is 5.95. The Bertz CT molecular complexity index is 1370. The van der Waals surface area contributed by atoms with Crippen molar-refractivity contribution in [2.75, 3.05) is 6.54 Å². The van der Waals surface area contributed by atoms with Gasteiger partial charge in [0.05, 0.1) is 6.04 Å². The lowest BCUT2D eigenvalue weighted by Gasteiger charge is -2.25. The maximum atomic E-state index is 13.5. The van der Waals surface area contributed by atoms with Gasteiger partial charge in [-0.2, -0.15) is 0 Å². The Morgan fingerprint density at radius 3 is 2.09 bits per heavy atom. The summed E-state index contributed by atoms with van der Waals surface area (Å²) in [5.74, 6) is -5.95. The molecule has 2 rings (SSSR count). The van der Waals surface area contributed by atoms with E-state index in [2.05, 4.69) is 25.9 Å². The zero-order valence-corrected chi connectivity index (χ0v) is 24.0. The quantitative estimate of drug-likeness (QED) is 0.0456. The van der Waals surface area contributed by atoms with E-state index in [9.17, 15) is 33.9 Å². The molecule has 4 amide bonds. The first-order valence-corrected chi connectivity index (χ1v) is 13.8. The van der Waals surface area contributed by atoms with Crippen LogP contribution in [-0.2, 0) is 35.2 Å². The fraction of sp³-hybridized carbons (Fsp3) is 0.444. The number of hydrogen-bond donors (Lipinski definition) is 10. The Kier molecular flexibility index (Phi) is 13.6. The van der Waals surface area contributed by atoms with Crippen LogP contribution in [0.25, 0.3) is 10.9 Å². The molecule has 17 heteroatoms. The van der Waals surface area contributed by atoms with Crippen LogP contribution < -0.4 is 38.9 Å². The van der Waals surface area contributed by atoms with Crippen molar-refractivity contribution < 1.29 is 39.0 Å². The van der Waals surface area contributed by atoms with Gasteiger partial charge in [0, 0.05) is 42.9 Å². The summed E-state index contributed by atoms with van der Waals surface area (Å²) in [6.45, 7) is 0.132. The van der Waals surface area contributed by atoms with Crippen molar-refractivity contribution in [1.29, 1.82) is 0 Å². The number of H-pyrrole nitrogens is 1.